The monoisotopic (exact) mass is 317 g/mol. The van der Waals surface area contributed by atoms with Crippen molar-refractivity contribution in [3.63, 3.8) is 0 Å². The Kier molecular flexibility index (Phi) is 3.45. The molecule has 0 bridgehead atoms. The van der Waals surface area contributed by atoms with Crippen LogP contribution in [0.4, 0.5) is 0 Å². The van der Waals surface area contributed by atoms with Crippen LogP contribution in [0.25, 0.3) is 17.3 Å². The normalized spacial score (nSPS) is 18.9. The number of ether oxygens (including phenoxy) is 1. The van der Waals surface area contributed by atoms with Crippen LogP contribution < -0.4 is 4.74 Å². The minimum Gasteiger partial charge on any atom is -0.481 e. The predicted molar refractivity (Wildman–Crippen MR) is 94.7 cm³/mol. The quantitative estimate of drug-likeness (QED) is 0.729. The first kappa shape index (κ1) is 14.7. The molecule has 1 aromatic heterocycles. The van der Waals surface area contributed by atoms with Gasteiger partial charge in [0.2, 0.25) is 0 Å². The number of nitrogens with zero attached hydrogens (tertiary/aromatic N) is 3. The van der Waals surface area contributed by atoms with Gasteiger partial charge in [0.1, 0.15) is 17.0 Å². The zero-order valence-corrected chi connectivity index (χ0v) is 13.8. The van der Waals surface area contributed by atoms with Gasteiger partial charge in [-0.2, -0.15) is 0 Å². The van der Waals surface area contributed by atoms with E-state index in [0.717, 1.165) is 22.6 Å². The fourth-order valence-electron chi connectivity index (χ4n) is 2.97. The highest BCUT2D eigenvalue weighted by atomic mass is 16.5. The predicted octanol–water partition coefficient (Wildman–Crippen LogP) is 4.12. The van der Waals surface area contributed by atoms with E-state index in [4.69, 9.17) is 4.74 Å². The van der Waals surface area contributed by atoms with Gasteiger partial charge in [-0.05, 0) is 32.1 Å². The molecule has 0 saturated carbocycles. The molecular formula is C20H19N3O. The fraction of sp³-hybridized carbons (Fsp3) is 0.200. The first-order valence-corrected chi connectivity index (χ1v) is 8.06. The van der Waals surface area contributed by atoms with Crippen molar-refractivity contribution >= 4 is 6.08 Å². The van der Waals surface area contributed by atoms with Gasteiger partial charge in [-0.1, -0.05) is 53.3 Å². The van der Waals surface area contributed by atoms with Crippen molar-refractivity contribution in [2.75, 3.05) is 0 Å². The van der Waals surface area contributed by atoms with Crippen molar-refractivity contribution in [3.05, 3.63) is 71.9 Å². The minimum atomic E-state index is -0.441. The van der Waals surface area contributed by atoms with E-state index in [2.05, 4.69) is 48.4 Å². The molecule has 2 heterocycles. The number of hydrogen-bond acceptors (Lipinski definition) is 3. The van der Waals surface area contributed by atoms with Crippen molar-refractivity contribution in [1.82, 2.24) is 15.0 Å². The molecule has 1 aliphatic heterocycles. The van der Waals surface area contributed by atoms with Gasteiger partial charge in [0, 0.05) is 11.1 Å². The summed E-state index contributed by atoms with van der Waals surface area (Å²) in [4.78, 5) is 0. The molecule has 0 aliphatic carbocycles. The second-order valence-electron chi connectivity index (χ2n) is 6.46. The van der Waals surface area contributed by atoms with Gasteiger partial charge in [0.25, 0.3) is 0 Å². The second-order valence-corrected chi connectivity index (χ2v) is 6.46. The molecule has 24 heavy (non-hydrogen) atoms. The fourth-order valence-corrected chi connectivity index (χ4v) is 2.97. The number of hydrogen-bond donors (Lipinski definition) is 0. The lowest BCUT2D eigenvalue weighted by molar-refractivity contribution is 0.112. The SMILES string of the molecule is Cc1ccc2c(c1)C=CC(C)(Cn1cc(-c3ccccc3)nn1)O2. The van der Waals surface area contributed by atoms with Crippen molar-refractivity contribution in [2.24, 2.45) is 0 Å². The highest BCUT2D eigenvalue weighted by Crippen LogP contribution is 2.32. The summed E-state index contributed by atoms with van der Waals surface area (Å²) in [6, 6.07) is 16.3. The Morgan fingerprint density at radius 3 is 2.79 bits per heavy atom. The van der Waals surface area contributed by atoms with E-state index in [1.165, 1.54) is 5.56 Å². The number of rotatable bonds is 3. The van der Waals surface area contributed by atoms with Gasteiger partial charge in [-0.3, -0.25) is 0 Å². The van der Waals surface area contributed by atoms with Crippen LogP contribution >= 0.6 is 0 Å². The second kappa shape index (κ2) is 5.64. The molecule has 0 fully saturated rings. The topological polar surface area (TPSA) is 39.9 Å². The van der Waals surface area contributed by atoms with E-state index >= 15 is 0 Å². The summed E-state index contributed by atoms with van der Waals surface area (Å²) in [5.74, 6) is 0.911. The standard InChI is InChI=1S/C20H19N3O/c1-15-8-9-19-17(12-15)10-11-20(2,24-19)14-23-13-18(21-22-23)16-6-4-3-5-7-16/h3-13H,14H2,1-2H3. The number of fused-ring (bicyclic) bond motifs is 1. The third-order valence-electron chi connectivity index (χ3n) is 4.21. The van der Waals surface area contributed by atoms with E-state index in [1.54, 1.807) is 0 Å². The first-order valence-electron chi connectivity index (χ1n) is 8.06. The van der Waals surface area contributed by atoms with Gasteiger partial charge in [-0.25, -0.2) is 4.68 Å². The molecule has 0 spiro atoms. The molecule has 4 nitrogen and oxygen atoms in total. The summed E-state index contributed by atoms with van der Waals surface area (Å²) >= 11 is 0. The Morgan fingerprint density at radius 2 is 1.96 bits per heavy atom. The van der Waals surface area contributed by atoms with E-state index in [0.29, 0.717) is 6.54 Å². The van der Waals surface area contributed by atoms with Gasteiger partial charge >= 0.3 is 0 Å². The zero-order valence-electron chi connectivity index (χ0n) is 13.8. The summed E-state index contributed by atoms with van der Waals surface area (Å²) in [5, 5.41) is 8.53. The van der Waals surface area contributed by atoms with E-state index in [-0.39, 0.29) is 0 Å². The summed E-state index contributed by atoms with van der Waals surface area (Å²) < 4.78 is 8.06. The third-order valence-corrected chi connectivity index (χ3v) is 4.21. The first-order chi connectivity index (χ1) is 11.6. The minimum absolute atomic E-state index is 0.441. The highest BCUT2D eigenvalue weighted by molar-refractivity contribution is 5.62. The molecule has 0 radical (unpaired) electrons. The van der Waals surface area contributed by atoms with Gasteiger partial charge in [-0.15, -0.1) is 5.10 Å². The summed E-state index contributed by atoms with van der Waals surface area (Å²) in [6.45, 7) is 4.76. The Bertz CT molecular complexity index is 898. The Morgan fingerprint density at radius 1 is 1.12 bits per heavy atom. The molecule has 0 saturated heterocycles. The zero-order chi connectivity index (χ0) is 16.6. The van der Waals surface area contributed by atoms with Gasteiger partial charge in [0.15, 0.2) is 0 Å². The number of benzene rings is 2. The molecule has 2 aromatic carbocycles. The molecule has 0 N–H and O–H groups in total. The third kappa shape index (κ3) is 2.83. The lowest BCUT2D eigenvalue weighted by Crippen LogP contribution is -2.37. The highest BCUT2D eigenvalue weighted by Gasteiger charge is 2.28. The van der Waals surface area contributed by atoms with E-state index in [1.807, 2.05) is 47.3 Å². The van der Waals surface area contributed by atoms with Crippen LogP contribution in [0.3, 0.4) is 0 Å². The Labute approximate surface area is 141 Å². The molecule has 1 atom stereocenters. The molecule has 120 valence electrons. The van der Waals surface area contributed by atoms with Crippen LogP contribution in [0.1, 0.15) is 18.1 Å². The average molecular weight is 317 g/mol. The molecule has 4 rings (SSSR count). The maximum Gasteiger partial charge on any atom is 0.144 e. The summed E-state index contributed by atoms with van der Waals surface area (Å²) in [5.41, 5.74) is 3.85. The number of aromatic nitrogens is 3. The van der Waals surface area contributed by atoms with Crippen molar-refractivity contribution in [1.29, 1.82) is 0 Å². The number of aryl methyl sites for hydroxylation is 1. The molecule has 4 heteroatoms. The molecule has 3 aromatic rings. The Balaban J connectivity index is 1.56. The lowest BCUT2D eigenvalue weighted by Gasteiger charge is -2.31. The van der Waals surface area contributed by atoms with Crippen LogP contribution in [0.15, 0.2) is 60.8 Å². The van der Waals surface area contributed by atoms with Crippen LogP contribution in [0.5, 0.6) is 5.75 Å². The smallest absolute Gasteiger partial charge is 0.144 e. The van der Waals surface area contributed by atoms with Crippen LogP contribution in [-0.2, 0) is 6.54 Å². The van der Waals surface area contributed by atoms with Gasteiger partial charge in [0.05, 0.1) is 12.7 Å². The molecule has 0 amide bonds. The largest absolute Gasteiger partial charge is 0.481 e. The summed E-state index contributed by atoms with van der Waals surface area (Å²) in [6.07, 6.45) is 6.18. The molecule has 1 aliphatic rings. The summed E-state index contributed by atoms with van der Waals surface area (Å²) in [7, 11) is 0. The average Bonchev–Trinajstić information content (AvgIpc) is 3.04. The maximum atomic E-state index is 6.22. The van der Waals surface area contributed by atoms with E-state index < -0.39 is 5.60 Å². The van der Waals surface area contributed by atoms with Gasteiger partial charge < -0.3 is 4.74 Å². The molecule has 1 unspecified atom stereocenters. The molecular weight excluding hydrogens is 298 g/mol. The van der Waals surface area contributed by atoms with E-state index in [9.17, 15) is 0 Å². The van der Waals surface area contributed by atoms with Crippen molar-refractivity contribution in [3.8, 4) is 17.0 Å². The van der Waals surface area contributed by atoms with Crippen LogP contribution in [-0.4, -0.2) is 20.6 Å². The van der Waals surface area contributed by atoms with Crippen LogP contribution in [0, 0.1) is 6.92 Å². The lowest BCUT2D eigenvalue weighted by atomic mass is 9.99. The van der Waals surface area contributed by atoms with Crippen molar-refractivity contribution in [2.45, 2.75) is 26.0 Å². The van der Waals surface area contributed by atoms with Crippen LogP contribution in [0.2, 0.25) is 0 Å². The van der Waals surface area contributed by atoms with Crippen molar-refractivity contribution < 1.29 is 4.74 Å². The Hall–Kier alpha value is -2.88. The maximum absolute atomic E-state index is 6.22.